The molecule has 2 aromatic rings. The molecule has 0 amide bonds. The van der Waals surface area contributed by atoms with Crippen molar-refractivity contribution in [2.45, 2.75) is 13.5 Å². The fourth-order valence-corrected chi connectivity index (χ4v) is 2.68. The van der Waals surface area contributed by atoms with E-state index in [1.54, 1.807) is 7.11 Å². The molecule has 1 aromatic carbocycles. The summed E-state index contributed by atoms with van der Waals surface area (Å²) in [5.74, 6) is 1.84. The van der Waals surface area contributed by atoms with Gasteiger partial charge in [0.1, 0.15) is 11.6 Å². The van der Waals surface area contributed by atoms with Crippen LogP contribution in [-0.2, 0) is 13.6 Å². The average molecular weight is 324 g/mol. The maximum absolute atomic E-state index is 5.27. The number of hydrogen-bond acceptors (Lipinski definition) is 3. The van der Waals surface area contributed by atoms with Crippen molar-refractivity contribution < 1.29 is 4.74 Å². The van der Waals surface area contributed by atoms with Crippen molar-refractivity contribution in [3.8, 4) is 17.0 Å². The SMILES string of the molecule is CNCc1nc(C)n(C)c1-c1ccc(OC)c(Br)c1. The second-order valence-corrected chi connectivity index (χ2v) is 5.25. The number of aryl methyl sites for hydroxylation is 1. The van der Waals surface area contributed by atoms with Crippen LogP contribution in [0.2, 0.25) is 0 Å². The lowest BCUT2D eigenvalue weighted by molar-refractivity contribution is 0.412. The van der Waals surface area contributed by atoms with E-state index >= 15 is 0 Å². The van der Waals surface area contributed by atoms with Crippen molar-refractivity contribution in [1.82, 2.24) is 14.9 Å². The highest BCUT2D eigenvalue weighted by atomic mass is 79.9. The van der Waals surface area contributed by atoms with Crippen molar-refractivity contribution in [2.75, 3.05) is 14.2 Å². The third-order valence-corrected chi connectivity index (χ3v) is 3.78. The highest BCUT2D eigenvalue weighted by molar-refractivity contribution is 9.10. The standard InChI is InChI=1S/C14H18BrN3O/c1-9-17-12(8-16-2)14(18(9)3)10-5-6-13(19-4)11(15)7-10/h5-7,16H,8H2,1-4H3. The van der Waals surface area contributed by atoms with Gasteiger partial charge in [0, 0.05) is 19.2 Å². The summed E-state index contributed by atoms with van der Waals surface area (Å²) in [4.78, 5) is 4.60. The van der Waals surface area contributed by atoms with Crippen LogP contribution in [-0.4, -0.2) is 23.7 Å². The van der Waals surface area contributed by atoms with Gasteiger partial charge in [0.05, 0.1) is 23.0 Å². The molecule has 4 nitrogen and oxygen atoms in total. The van der Waals surface area contributed by atoms with Gasteiger partial charge in [-0.2, -0.15) is 0 Å². The Balaban J connectivity index is 2.54. The quantitative estimate of drug-likeness (QED) is 0.940. The summed E-state index contributed by atoms with van der Waals surface area (Å²) in [7, 11) is 5.63. The molecule has 1 N–H and O–H groups in total. The highest BCUT2D eigenvalue weighted by Gasteiger charge is 2.14. The summed E-state index contributed by atoms with van der Waals surface area (Å²) in [6.07, 6.45) is 0. The first-order valence-electron chi connectivity index (χ1n) is 6.09. The lowest BCUT2D eigenvalue weighted by Gasteiger charge is -2.09. The Morgan fingerprint density at radius 3 is 2.74 bits per heavy atom. The zero-order valence-electron chi connectivity index (χ0n) is 11.6. The number of nitrogens with zero attached hydrogens (tertiary/aromatic N) is 2. The maximum Gasteiger partial charge on any atom is 0.133 e. The molecule has 0 aliphatic rings. The Morgan fingerprint density at radius 2 is 2.16 bits per heavy atom. The minimum Gasteiger partial charge on any atom is -0.496 e. The van der Waals surface area contributed by atoms with Crippen molar-refractivity contribution in [3.05, 3.63) is 34.2 Å². The molecule has 2 rings (SSSR count). The molecule has 5 heteroatoms. The van der Waals surface area contributed by atoms with Gasteiger partial charge in [0.15, 0.2) is 0 Å². The van der Waals surface area contributed by atoms with Gasteiger partial charge in [-0.15, -0.1) is 0 Å². The highest BCUT2D eigenvalue weighted by Crippen LogP contribution is 2.32. The van der Waals surface area contributed by atoms with Crippen LogP contribution in [0, 0.1) is 6.92 Å². The van der Waals surface area contributed by atoms with Crippen LogP contribution in [0.25, 0.3) is 11.3 Å². The lowest BCUT2D eigenvalue weighted by atomic mass is 10.1. The summed E-state index contributed by atoms with van der Waals surface area (Å²) in [6.45, 7) is 2.77. The van der Waals surface area contributed by atoms with Crippen LogP contribution in [0.1, 0.15) is 11.5 Å². The van der Waals surface area contributed by atoms with Gasteiger partial charge >= 0.3 is 0 Å². The van der Waals surface area contributed by atoms with Gasteiger partial charge in [0.2, 0.25) is 0 Å². The number of methoxy groups -OCH3 is 1. The summed E-state index contributed by atoms with van der Waals surface area (Å²) in [5, 5.41) is 3.16. The average Bonchev–Trinajstić information content (AvgIpc) is 2.65. The zero-order valence-corrected chi connectivity index (χ0v) is 13.2. The van der Waals surface area contributed by atoms with Gasteiger partial charge < -0.3 is 14.6 Å². The molecule has 0 aliphatic heterocycles. The Bertz CT molecular complexity index is 593. The van der Waals surface area contributed by atoms with E-state index in [1.807, 2.05) is 27.1 Å². The molecule has 0 atom stereocenters. The van der Waals surface area contributed by atoms with E-state index in [1.165, 1.54) is 0 Å². The summed E-state index contributed by atoms with van der Waals surface area (Å²) < 4.78 is 8.33. The molecule has 1 aromatic heterocycles. The van der Waals surface area contributed by atoms with Crippen LogP contribution in [0.4, 0.5) is 0 Å². The minimum absolute atomic E-state index is 0.751. The van der Waals surface area contributed by atoms with Gasteiger partial charge in [-0.05, 0) is 48.1 Å². The van der Waals surface area contributed by atoms with Gasteiger partial charge in [0.25, 0.3) is 0 Å². The molecular formula is C14H18BrN3O. The minimum atomic E-state index is 0.751. The van der Waals surface area contributed by atoms with Crippen molar-refractivity contribution in [1.29, 1.82) is 0 Å². The number of imidazole rings is 1. The number of benzene rings is 1. The molecule has 19 heavy (non-hydrogen) atoms. The Labute approximate surface area is 121 Å². The fraction of sp³-hybridized carbons (Fsp3) is 0.357. The first kappa shape index (κ1) is 14.1. The number of hydrogen-bond donors (Lipinski definition) is 1. The Kier molecular flexibility index (Phi) is 4.27. The van der Waals surface area contributed by atoms with Crippen LogP contribution >= 0.6 is 15.9 Å². The number of aromatic nitrogens is 2. The zero-order chi connectivity index (χ0) is 14.0. The van der Waals surface area contributed by atoms with Gasteiger partial charge in [-0.3, -0.25) is 0 Å². The monoisotopic (exact) mass is 323 g/mol. The third kappa shape index (κ3) is 2.67. The molecule has 0 saturated heterocycles. The molecule has 0 unspecified atom stereocenters. The fourth-order valence-electron chi connectivity index (χ4n) is 2.14. The Morgan fingerprint density at radius 1 is 1.42 bits per heavy atom. The first-order valence-corrected chi connectivity index (χ1v) is 6.88. The molecule has 0 bridgehead atoms. The van der Waals surface area contributed by atoms with Gasteiger partial charge in [-0.1, -0.05) is 0 Å². The summed E-state index contributed by atoms with van der Waals surface area (Å²) in [6, 6.07) is 6.08. The molecule has 0 fully saturated rings. The van der Waals surface area contributed by atoms with Crippen LogP contribution in [0.3, 0.4) is 0 Å². The number of ether oxygens (including phenoxy) is 1. The molecule has 102 valence electrons. The molecule has 0 spiro atoms. The predicted octanol–water partition coefficient (Wildman–Crippen LogP) is 2.89. The lowest BCUT2D eigenvalue weighted by Crippen LogP contribution is -2.07. The van der Waals surface area contributed by atoms with Crippen molar-refractivity contribution >= 4 is 15.9 Å². The number of rotatable bonds is 4. The topological polar surface area (TPSA) is 39.1 Å². The molecule has 0 aliphatic carbocycles. The second kappa shape index (κ2) is 5.75. The molecule has 0 radical (unpaired) electrons. The molecular weight excluding hydrogens is 306 g/mol. The molecule has 0 saturated carbocycles. The van der Waals surface area contributed by atoms with Crippen molar-refractivity contribution in [2.24, 2.45) is 7.05 Å². The van der Waals surface area contributed by atoms with E-state index in [0.29, 0.717) is 0 Å². The number of nitrogens with one attached hydrogen (secondary N) is 1. The Hall–Kier alpha value is -1.33. The van der Waals surface area contributed by atoms with E-state index in [-0.39, 0.29) is 0 Å². The first-order chi connectivity index (χ1) is 9.08. The van der Waals surface area contributed by atoms with E-state index < -0.39 is 0 Å². The van der Waals surface area contributed by atoms with Crippen LogP contribution in [0.5, 0.6) is 5.75 Å². The van der Waals surface area contributed by atoms with Crippen molar-refractivity contribution in [3.63, 3.8) is 0 Å². The van der Waals surface area contributed by atoms with E-state index in [4.69, 9.17) is 4.74 Å². The smallest absolute Gasteiger partial charge is 0.133 e. The second-order valence-electron chi connectivity index (χ2n) is 4.39. The summed E-state index contributed by atoms with van der Waals surface area (Å²) >= 11 is 3.53. The van der Waals surface area contributed by atoms with Gasteiger partial charge in [-0.25, -0.2) is 4.98 Å². The summed E-state index contributed by atoms with van der Waals surface area (Å²) in [5.41, 5.74) is 3.32. The normalized spacial score (nSPS) is 10.8. The van der Waals surface area contributed by atoms with E-state index in [2.05, 4.69) is 42.9 Å². The van der Waals surface area contributed by atoms with E-state index in [0.717, 1.165) is 39.5 Å². The molecule has 1 heterocycles. The third-order valence-electron chi connectivity index (χ3n) is 3.16. The van der Waals surface area contributed by atoms with Crippen LogP contribution < -0.4 is 10.1 Å². The number of halogens is 1. The largest absolute Gasteiger partial charge is 0.496 e. The predicted molar refractivity (Wildman–Crippen MR) is 80.4 cm³/mol. The maximum atomic E-state index is 5.27. The van der Waals surface area contributed by atoms with E-state index in [9.17, 15) is 0 Å². The van der Waals surface area contributed by atoms with Crippen LogP contribution in [0.15, 0.2) is 22.7 Å².